The molecule has 0 atom stereocenters. The molecular formula is C20H15Cl3N4O2. The van der Waals surface area contributed by atoms with E-state index in [1.54, 1.807) is 0 Å². The molecule has 0 unspecified atom stereocenters. The molecule has 0 aliphatic rings. The van der Waals surface area contributed by atoms with Gasteiger partial charge in [0.25, 0.3) is 11.8 Å². The summed E-state index contributed by atoms with van der Waals surface area (Å²) in [7, 11) is 0. The van der Waals surface area contributed by atoms with Crippen LogP contribution in [-0.2, 0) is 4.79 Å². The van der Waals surface area contributed by atoms with Gasteiger partial charge in [0.05, 0.1) is 28.3 Å². The molecule has 0 aliphatic carbocycles. The van der Waals surface area contributed by atoms with Crippen LogP contribution in [0.3, 0.4) is 0 Å². The number of hydrogen-bond acceptors (Lipinski definition) is 4. The summed E-state index contributed by atoms with van der Waals surface area (Å²) in [5.74, 6) is -0.963. The number of benzene rings is 2. The highest BCUT2D eigenvalue weighted by Crippen LogP contribution is 2.22. The maximum absolute atomic E-state index is 12.0. The summed E-state index contributed by atoms with van der Waals surface area (Å²) >= 11 is 17.9. The number of carbonyl (C=O) groups excluding carboxylic acids is 2. The topological polar surface area (TPSA) is 83.5 Å². The number of amides is 2. The molecule has 1 aromatic heterocycles. The van der Waals surface area contributed by atoms with E-state index in [1.165, 1.54) is 24.4 Å². The third-order valence-corrected chi connectivity index (χ3v) is 4.98. The number of fused-ring (bicyclic) bond motifs is 1. The molecule has 9 heteroatoms. The van der Waals surface area contributed by atoms with Crippen LogP contribution in [0.2, 0.25) is 15.2 Å². The van der Waals surface area contributed by atoms with Crippen molar-refractivity contribution in [1.82, 2.24) is 15.7 Å². The molecule has 0 bridgehead atoms. The molecule has 2 N–H and O–H groups in total. The number of carbonyl (C=O) groups is 2. The van der Waals surface area contributed by atoms with Crippen molar-refractivity contribution in [3.05, 3.63) is 74.4 Å². The highest BCUT2D eigenvalue weighted by molar-refractivity contribution is 6.42. The molecule has 6 nitrogen and oxygen atoms in total. The van der Waals surface area contributed by atoms with E-state index in [9.17, 15) is 9.59 Å². The van der Waals surface area contributed by atoms with E-state index in [0.29, 0.717) is 16.1 Å². The Hall–Kier alpha value is -2.67. The fraction of sp³-hybridized carbons (Fsp3) is 0.100. The third-order valence-electron chi connectivity index (χ3n) is 3.94. The number of nitrogens with zero attached hydrogens (tertiary/aromatic N) is 2. The Balaban J connectivity index is 1.57. The lowest BCUT2D eigenvalue weighted by Crippen LogP contribution is -2.34. The number of pyridine rings is 1. The van der Waals surface area contributed by atoms with Crippen LogP contribution in [0, 0.1) is 6.92 Å². The number of aryl methyl sites for hydroxylation is 1. The van der Waals surface area contributed by atoms with Crippen LogP contribution in [0.15, 0.2) is 47.6 Å². The number of rotatable bonds is 5. The lowest BCUT2D eigenvalue weighted by Gasteiger charge is -2.05. The van der Waals surface area contributed by atoms with Gasteiger partial charge < -0.3 is 5.32 Å². The Labute approximate surface area is 181 Å². The monoisotopic (exact) mass is 448 g/mol. The van der Waals surface area contributed by atoms with Crippen LogP contribution >= 0.6 is 34.8 Å². The SMILES string of the molecule is Cc1ccc2cc(/C=N/NC(=O)CNC(=O)c3ccc(Cl)c(Cl)c3)c(Cl)nc2c1. The number of hydrazone groups is 1. The van der Waals surface area contributed by atoms with Crippen molar-refractivity contribution < 1.29 is 9.59 Å². The predicted molar refractivity (Wildman–Crippen MR) is 116 cm³/mol. The highest BCUT2D eigenvalue weighted by Gasteiger charge is 2.10. The van der Waals surface area contributed by atoms with Gasteiger partial charge in [-0.15, -0.1) is 0 Å². The van der Waals surface area contributed by atoms with Crippen LogP contribution in [0.1, 0.15) is 21.5 Å². The Morgan fingerprint density at radius 3 is 2.62 bits per heavy atom. The van der Waals surface area contributed by atoms with Crippen molar-refractivity contribution in [2.45, 2.75) is 6.92 Å². The van der Waals surface area contributed by atoms with Crippen molar-refractivity contribution in [3.63, 3.8) is 0 Å². The van der Waals surface area contributed by atoms with Crippen LogP contribution < -0.4 is 10.7 Å². The van der Waals surface area contributed by atoms with Crippen LogP contribution in [0.5, 0.6) is 0 Å². The average molecular weight is 450 g/mol. The van der Waals surface area contributed by atoms with Gasteiger partial charge in [-0.1, -0.05) is 46.9 Å². The molecule has 3 rings (SSSR count). The Kier molecular flexibility index (Phi) is 6.69. The minimum atomic E-state index is -0.504. The largest absolute Gasteiger partial charge is 0.343 e. The van der Waals surface area contributed by atoms with E-state index in [2.05, 4.69) is 20.8 Å². The Morgan fingerprint density at radius 2 is 1.86 bits per heavy atom. The van der Waals surface area contributed by atoms with Crippen molar-refractivity contribution in [2.75, 3.05) is 6.54 Å². The first-order valence-corrected chi connectivity index (χ1v) is 9.59. The van der Waals surface area contributed by atoms with E-state index in [0.717, 1.165) is 16.5 Å². The maximum Gasteiger partial charge on any atom is 0.259 e. The number of hydrogen-bond donors (Lipinski definition) is 2. The molecule has 2 amide bonds. The highest BCUT2D eigenvalue weighted by atomic mass is 35.5. The fourth-order valence-corrected chi connectivity index (χ4v) is 2.97. The summed E-state index contributed by atoms with van der Waals surface area (Å²) in [5, 5.41) is 8.10. The summed E-state index contributed by atoms with van der Waals surface area (Å²) < 4.78 is 0. The van der Waals surface area contributed by atoms with Gasteiger partial charge >= 0.3 is 0 Å². The normalized spacial score (nSPS) is 11.0. The molecule has 0 saturated carbocycles. The molecule has 1 heterocycles. The van der Waals surface area contributed by atoms with Crippen molar-refractivity contribution >= 4 is 63.7 Å². The first kappa shape index (κ1) is 21.0. The summed E-state index contributed by atoms with van der Waals surface area (Å²) in [6.45, 7) is 1.71. The van der Waals surface area contributed by atoms with E-state index in [1.807, 2.05) is 31.2 Å². The van der Waals surface area contributed by atoms with Crippen molar-refractivity contribution in [2.24, 2.45) is 5.10 Å². The van der Waals surface area contributed by atoms with E-state index in [-0.39, 0.29) is 16.7 Å². The lowest BCUT2D eigenvalue weighted by molar-refractivity contribution is -0.120. The van der Waals surface area contributed by atoms with Gasteiger partial charge in [-0.05, 0) is 42.8 Å². The zero-order valence-corrected chi connectivity index (χ0v) is 17.4. The van der Waals surface area contributed by atoms with Crippen molar-refractivity contribution in [1.29, 1.82) is 0 Å². The molecular weight excluding hydrogens is 435 g/mol. The first-order valence-electron chi connectivity index (χ1n) is 8.45. The summed E-state index contributed by atoms with van der Waals surface area (Å²) in [6.07, 6.45) is 1.40. The predicted octanol–water partition coefficient (Wildman–Crippen LogP) is 4.38. The lowest BCUT2D eigenvalue weighted by atomic mass is 10.1. The van der Waals surface area contributed by atoms with Gasteiger partial charge in [0, 0.05) is 16.5 Å². The maximum atomic E-state index is 12.0. The quantitative estimate of drug-likeness (QED) is 0.344. The van der Waals surface area contributed by atoms with Gasteiger partial charge in [-0.2, -0.15) is 5.10 Å². The zero-order valence-electron chi connectivity index (χ0n) is 15.2. The second-order valence-corrected chi connectivity index (χ2v) is 7.34. The second-order valence-electron chi connectivity index (χ2n) is 6.17. The van der Waals surface area contributed by atoms with E-state index in [4.69, 9.17) is 34.8 Å². The molecule has 148 valence electrons. The number of aromatic nitrogens is 1. The molecule has 0 fully saturated rings. The average Bonchev–Trinajstić information content (AvgIpc) is 2.68. The first-order chi connectivity index (χ1) is 13.8. The summed E-state index contributed by atoms with van der Waals surface area (Å²) in [6, 6.07) is 12.1. The zero-order chi connectivity index (χ0) is 21.0. The summed E-state index contributed by atoms with van der Waals surface area (Å²) in [4.78, 5) is 28.3. The smallest absolute Gasteiger partial charge is 0.259 e. The van der Waals surface area contributed by atoms with Crippen LogP contribution in [-0.4, -0.2) is 29.6 Å². The molecule has 29 heavy (non-hydrogen) atoms. The van der Waals surface area contributed by atoms with Gasteiger partial charge in [-0.3, -0.25) is 9.59 Å². The van der Waals surface area contributed by atoms with E-state index < -0.39 is 11.8 Å². The minimum Gasteiger partial charge on any atom is -0.343 e. The molecule has 0 saturated heterocycles. The van der Waals surface area contributed by atoms with Crippen LogP contribution in [0.25, 0.3) is 10.9 Å². The standard InChI is InChI=1S/C20H15Cl3N4O2/c1-11-2-3-12-7-14(19(23)26-17(12)6-11)9-25-27-18(28)10-24-20(29)13-4-5-15(21)16(22)8-13/h2-9H,10H2,1H3,(H,24,29)(H,27,28)/b25-9+. The summed E-state index contributed by atoms with van der Waals surface area (Å²) in [5.41, 5.74) is 5.04. The van der Waals surface area contributed by atoms with Gasteiger partial charge in [0.15, 0.2) is 0 Å². The molecule has 3 aromatic rings. The molecule has 0 radical (unpaired) electrons. The minimum absolute atomic E-state index is 0.254. The number of nitrogens with one attached hydrogen (secondary N) is 2. The van der Waals surface area contributed by atoms with Gasteiger partial charge in [-0.25, -0.2) is 10.4 Å². The van der Waals surface area contributed by atoms with Gasteiger partial charge in [0.2, 0.25) is 0 Å². The fourth-order valence-electron chi connectivity index (χ4n) is 2.47. The number of halogens is 3. The molecule has 0 spiro atoms. The van der Waals surface area contributed by atoms with Crippen LogP contribution in [0.4, 0.5) is 0 Å². The Morgan fingerprint density at radius 1 is 1.07 bits per heavy atom. The molecule has 0 aliphatic heterocycles. The van der Waals surface area contributed by atoms with Crippen molar-refractivity contribution in [3.8, 4) is 0 Å². The Bertz CT molecular complexity index is 1130. The third kappa shape index (κ3) is 5.44. The van der Waals surface area contributed by atoms with Gasteiger partial charge in [0.1, 0.15) is 5.15 Å². The molecule has 2 aromatic carbocycles. The second kappa shape index (κ2) is 9.22. The van der Waals surface area contributed by atoms with E-state index >= 15 is 0 Å².